The largest absolute Gasteiger partial charge is 0.379 e. The number of carbonyl (C=O) groups excluding carboxylic acids is 1. The molecule has 0 bridgehead atoms. The standard InChI is InChI=1S/C28H35N7O2S/c1-28(2,17-34-11-13-37-14-12-34)33-27(36)35-9-6-19(7-10-35)24-16-21-22(5-8-29-26(21)32-24)31-20-3-4-23-25(15-20)38-18-30-23/h3-6,8,15-16,18,23,25H,7,9-14,17H2,1-2H3,(H,33,36)(H2,29,31,32). The molecule has 0 radical (unpaired) electrons. The van der Waals surface area contributed by atoms with Crippen LogP contribution < -0.4 is 10.6 Å². The highest BCUT2D eigenvalue weighted by Crippen LogP contribution is 2.32. The van der Waals surface area contributed by atoms with Crippen LogP contribution in [0.25, 0.3) is 16.6 Å². The number of fused-ring (bicyclic) bond motifs is 2. The Morgan fingerprint density at radius 1 is 1.29 bits per heavy atom. The van der Waals surface area contributed by atoms with Crippen LogP contribution >= 0.6 is 11.8 Å². The second-order valence-electron chi connectivity index (χ2n) is 10.9. The van der Waals surface area contributed by atoms with E-state index in [4.69, 9.17) is 4.74 Å². The summed E-state index contributed by atoms with van der Waals surface area (Å²) in [6, 6.07) is 4.42. The number of hydrogen-bond acceptors (Lipinski definition) is 7. The van der Waals surface area contributed by atoms with Gasteiger partial charge in [-0.05, 0) is 50.1 Å². The van der Waals surface area contributed by atoms with Crippen LogP contribution in [0.15, 0.2) is 53.3 Å². The Morgan fingerprint density at radius 3 is 2.97 bits per heavy atom. The first-order valence-corrected chi connectivity index (χ1v) is 14.3. The van der Waals surface area contributed by atoms with E-state index in [1.165, 1.54) is 5.57 Å². The molecule has 9 nitrogen and oxygen atoms in total. The Balaban J connectivity index is 1.10. The number of anilines is 1. The Morgan fingerprint density at radius 2 is 2.16 bits per heavy atom. The van der Waals surface area contributed by atoms with Crippen LogP contribution in [0.4, 0.5) is 10.5 Å². The highest BCUT2D eigenvalue weighted by atomic mass is 32.2. The molecule has 200 valence electrons. The number of pyridine rings is 1. The molecule has 2 atom stereocenters. The smallest absolute Gasteiger partial charge is 0.318 e. The molecule has 0 aromatic carbocycles. The molecular formula is C28H35N7O2S. The molecule has 5 heterocycles. The van der Waals surface area contributed by atoms with E-state index in [0.29, 0.717) is 18.3 Å². The van der Waals surface area contributed by atoms with Crippen molar-refractivity contribution in [2.75, 3.05) is 51.3 Å². The molecule has 10 heteroatoms. The van der Waals surface area contributed by atoms with Crippen LogP contribution in [0.2, 0.25) is 0 Å². The number of carbonyl (C=O) groups is 1. The molecule has 1 fully saturated rings. The van der Waals surface area contributed by atoms with E-state index in [9.17, 15) is 4.79 Å². The van der Waals surface area contributed by atoms with E-state index in [0.717, 1.165) is 67.4 Å². The lowest BCUT2D eigenvalue weighted by molar-refractivity contribution is 0.0276. The zero-order valence-electron chi connectivity index (χ0n) is 21.9. The number of amides is 2. The summed E-state index contributed by atoms with van der Waals surface area (Å²) in [5.74, 6) is 0. The molecule has 0 spiro atoms. The molecule has 2 aromatic heterocycles. The van der Waals surface area contributed by atoms with E-state index < -0.39 is 0 Å². The molecule has 1 aliphatic carbocycles. The number of ether oxygens (including phenoxy) is 1. The maximum atomic E-state index is 13.0. The lowest BCUT2D eigenvalue weighted by Gasteiger charge is -2.37. The van der Waals surface area contributed by atoms with Crippen molar-refractivity contribution in [1.29, 1.82) is 0 Å². The van der Waals surface area contributed by atoms with Crippen LogP contribution in [-0.4, -0.2) is 94.1 Å². The summed E-state index contributed by atoms with van der Waals surface area (Å²) in [7, 11) is 0. The first-order valence-electron chi connectivity index (χ1n) is 13.3. The number of nitrogens with zero attached hydrogens (tertiary/aromatic N) is 4. The van der Waals surface area contributed by atoms with Crippen LogP contribution in [0.1, 0.15) is 26.0 Å². The number of thioether (sulfide) groups is 1. The predicted molar refractivity (Wildman–Crippen MR) is 155 cm³/mol. The topological polar surface area (TPSA) is 97.9 Å². The zero-order valence-corrected chi connectivity index (χ0v) is 22.8. The number of urea groups is 1. The van der Waals surface area contributed by atoms with Crippen molar-refractivity contribution in [3.8, 4) is 0 Å². The first kappa shape index (κ1) is 25.2. The van der Waals surface area contributed by atoms with Crippen LogP contribution in [0.3, 0.4) is 0 Å². The molecular weight excluding hydrogens is 498 g/mol. The van der Waals surface area contributed by atoms with Crippen molar-refractivity contribution in [1.82, 2.24) is 25.1 Å². The fourth-order valence-electron chi connectivity index (χ4n) is 5.45. The molecule has 2 amide bonds. The Hall–Kier alpha value is -3.08. The van der Waals surface area contributed by atoms with Gasteiger partial charge in [-0.2, -0.15) is 0 Å². The first-order chi connectivity index (χ1) is 18.4. The third-order valence-electron chi connectivity index (χ3n) is 7.43. The zero-order chi connectivity index (χ0) is 26.1. The molecule has 38 heavy (non-hydrogen) atoms. The average Bonchev–Trinajstić information content (AvgIpc) is 3.56. The third kappa shape index (κ3) is 5.52. The summed E-state index contributed by atoms with van der Waals surface area (Å²) < 4.78 is 5.45. The summed E-state index contributed by atoms with van der Waals surface area (Å²) in [6.45, 7) is 9.60. The minimum Gasteiger partial charge on any atom is -0.379 e. The van der Waals surface area contributed by atoms with E-state index in [1.807, 2.05) is 22.7 Å². The Bertz CT molecular complexity index is 1320. The molecule has 1 saturated heterocycles. The van der Waals surface area contributed by atoms with Crippen molar-refractivity contribution in [3.05, 3.63) is 54.0 Å². The third-order valence-corrected chi connectivity index (χ3v) is 8.40. The fraction of sp³-hybridized carbons (Fsp3) is 0.464. The summed E-state index contributed by atoms with van der Waals surface area (Å²) in [4.78, 5) is 29.8. The summed E-state index contributed by atoms with van der Waals surface area (Å²) in [5.41, 5.74) is 6.86. The highest BCUT2D eigenvalue weighted by molar-refractivity contribution is 8.13. The van der Waals surface area contributed by atoms with Crippen LogP contribution in [0, 0.1) is 0 Å². The van der Waals surface area contributed by atoms with E-state index >= 15 is 0 Å². The summed E-state index contributed by atoms with van der Waals surface area (Å²) in [5, 5.41) is 8.23. The van der Waals surface area contributed by atoms with Gasteiger partial charge in [0.25, 0.3) is 0 Å². The van der Waals surface area contributed by atoms with Gasteiger partial charge in [0, 0.05) is 61.2 Å². The second-order valence-corrected chi connectivity index (χ2v) is 11.9. The van der Waals surface area contributed by atoms with Crippen molar-refractivity contribution in [3.63, 3.8) is 0 Å². The molecule has 6 rings (SSSR count). The van der Waals surface area contributed by atoms with E-state index in [-0.39, 0.29) is 17.6 Å². The molecule has 3 aliphatic heterocycles. The summed E-state index contributed by atoms with van der Waals surface area (Å²) >= 11 is 1.76. The predicted octanol–water partition coefficient (Wildman–Crippen LogP) is 3.85. The maximum Gasteiger partial charge on any atom is 0.318 e. The second kappa shape index (κ2) is 10.6. The number of aromatic nitrogens is 2. The van der Waals surface area contributed by atoms with Crippen LogP contribution in [-0.2, 0) is 4.74 Å². The van der Waals surface area contributed by atoms with E-state index in [2.05, 4.69) is 74.7 Å². The molecule has 3 N–H and O–H groups in total. The van der Waals surface area contributed by atoms with Gasteiger partial charge in [0.15, 0.2) is 0 Å². The van der Waals surface area contributed by atoms with Crippen molar-refractivity contribution >= 4 is 45.6 Å². The molecule has 2 aromatic rings. The normalized spacial score (nSPS) is 23.8. The minimum absolute atomic E-state index is 0.00904. The highest BCUT2D eigenvalue weighted by Gasteiger charge is 2.28. The lowest BCUT2D eigenvalue weighted by atomic mass is 10.0. The lowest BCUT2D eigenvalue weighted by Crippen LogP contribution is -2.56. The monoisotopic (exact) mass is 533 g/mol. The van der Waals surface area contributed by atoms with Gasteiger partial charge in [-0.15, -0.1) is 11.8 Å². The number of rotatable bonds is 6. The SMILES string of the molecule is CC(C)(CN1CCOCC1)NC(=O)N1CC=C(c2cc3c(NC4=CC5SC=NC5C=C4)ccnc3[nH]2)CC1. The van der Waals surface area contributed by atoms with Gasteiger partial charge in [-0.3, -0.25) is 9.89 Å². The molecule has 2 unspecified atom stereocenters. The van der Waals surface area contributed by atoms with Crippen molar-refractivity contribution in [2.45, 2.75) is 37.1 Å². The van der Waals surface area contributed by atoms with Gasteiger partial charge in [0.2, 0.25) is 0 Å². The summed E-state index contributed by atoms with van der Waals surface area (Å²) in [6.07, 6.45) is 11.3. The molecule has 0 saturated carbocycles. The maximum absolute atomic E-state index is 13.0. The number of H-pyrrole nitrogens is 1. The van der Waals surface area contributed by atoms with Gasteiger partial charge in [0.05, 0.1) is 35.7 Å². The van der Waals surface area contributed by atoms with Gasteiger partial charge < -0.3 is 25.3 Å². The quantitative estimate of drug-likeness (QED) is 0.522. The number of allylic oxidation sites excluding steroid dienone is 1. The van der Waals surface area contributed by atoms with Gasteiger partial charge in [-0.25, -0.2) is 9.78 Å². The average molecular weight is 534 g/mol. The van der Waals surface area contributed by atoms with E-state index in [1.54, 1.807) is 11.8 Å². The Labute approximate surface area is 227 Å². The van der Waals surface area contributed by atoms with Gasteiger partial charge in [0.1, 0.15) is 5.65 Å². The van der Waals surface area contributed by atoms with Crippen molar-refractivity contribution < 1.29 is 9.53 Å². The Kier molecular flexibility index (Phi) is 7.03. The number of nitrogens with one attached hydrogen (secondary N) is 3. The number of aromatic amines is 1. The van der Waals surface area contributed by atoms with Gasteiger partial charge in [-0.1, -0.05) is 12.2 Å². The van der Waals surface area contributed by atoms with Crippen molar-refractivity contribution in [2.24, 2.45) is 4.99 Å². The molecule has 4 aliphatic rings. The fourth-order valence-corrected chi connectivity index (χ4v) is 6.34. The number of hydrogen-bond donors (Lipinski definition) is 3. The minimum atomic E-state index is -0.308. The van der Waals surface area contributed by atoms with Gasteiger partial charge >= 0.3 is 6.03 Å². The number of aliphatic imine (C=N–C) groups is 1. The number of morpholine rings is 1. The van der Waals surface area contributed by atoms with Crippen LogP contribution in [0.5, 0.6) is 0 Å².